The quantitative estimate of drug-likeness (QED) is 0.127. The van der Waals surface area contributed by atoms with Gasteiger partial charge in [0.05, 0.1) is 38.6 Å². The third kappa shape index (κ3) is 7.81. The molecule has 9 rings (SSSR count). The SMILES string of the molecule is C[C@@H]1CC[C@@]2(OC1)O[C@H]1C[C@H]3[C@@H]4CC=C5C[C@@H](O[C@@H]6O[C@H](CO)[C@H](O[C@@H]7O[C@H](CO)[C@@H](O)[C@H](O[C@H]8[C@H](O)[C@@H](O)[C@H](O)O[C@@H]8CO)[C@H]7O)[C@H](O)[C@H]6O)CC[C@]5(C)[C@H]4CC[C@]3(C)[C@H]1[C@@H]2C. The summed E-state index contributed by atoms with van der Waals surface area (Å²) < 4.78 is 48.4. The number of aliphatic hydroxyl groups excluding tert-OH is 10. The van der Waals surface area contributed by atoms with E-state index in [0.717, 1.165) is 45.1 Å². The van der Waals surface area contributed by atoms with Gasteiger partial charge in [-0.25, -0.2) is 0 Å². The molecular weight excluding hydrogens is 828 g/mol. The largest absolute Gasteiger partial charge is 0.394 e. The average Bonchev–Trinajstić information content (AvgIpc) is 3.72. The van der Waals surface area contributed by atoms with Crippen LogP contribution < -0.4 is 0 Å². The van der Waals surface area contributed by atoms with E-state index in [1.807, 2.05) is 0 Å². The number of allylic oxidation sites excluding steroid dienone is 1. The minimum absolute atomic E-state index is 0.000811. The molecule has 0 unspecified atom stereocenters. The second kappa shape index (κ2) is 17.8. The fraction of sp³-hybridized carbons (Fsp3) is 0.956. The van der Waals surface area contributed by atoms with Crippen molar-refractivity contribution < 1.29 is 89.0 Å². The van der Waals surface area contributed by atoms with Gasteiger partial charge in [0.15, 0.2) is 24.7 Å². The molecule has 63 heavy (non-hydrogen) atoms. The van der Waals surface area contributed by atoms with Crippen LogP contribution in [0.4, 0.5) is 0 Å². The molecule has 18 heteroatoms. The first-order chi connectivity index (χ1) is 30.0. The van der Waals surface area contributed by atoms with Crippen LogP contribution in [0.1, 0.15) is 85.5 Å². The van der Waals surface area contributed by atoms with Crippen molar-refractivity contribution in [3.05, 3.63) is 11.6 Å². The third-order valence-electron chi connectivity index (χ3n) is 17.7. The fourth-order valence-electron chi connectivity index (χ4n) is 14.2. The van der Waals surface area contributed by atoms with Crippen molar-refractivity contribution in [2.45, 2.75) is 196 Å². The van der Waals surface area contributed by atoms with Crippen LogP contribution in [-0.2, 0) is 37.9 Å². The zero-order chi connectivity index (χ0) is 44.9. The summed E-state index contributed by atoms with van der Waals surface area (Å²) in [7, 11) is 0. The molecule has 5 heterocycles. The van der Waals surface area contributed by atoms with Crippen molar-refractivity contribution in [3.8, 4) is 0 Å². The summed E-state index contributed by atoms with van der Waals surface area (Å²) in [5.41, 5.74) is 1.56. The van der Waals surface area contributed by atoms with Gasteiger partial charge in [0.2, 0.25) is 0 Å². The van der Waals surface area contributed by atoms with Crippen LogP contribution >= 0.6 is 0 Å². The minimum Gasteiger partial charge on any atom is -0.394 e. The smallest absolute Gasteiger partial charge is 0.187 e. The van der Waals surface area contributed by atoms with E-state index in [2.05, 4.69) is 33.8 Å². The number of aliphatic hydroxyl groups is 10. The van der Waals surface area contributed by atoms with Crippen LogP contribution in [0.15, 0.2) is 11.6 Å². The maximum Gasteiger partial charge on any atom is 0.187 e. The van der Waals surface area contributed by atoms with Gasteiger partial charge in [0, 0.05) is 12.3 Å². The van der Waals surface area contributed by atoms with Crippen molar-refractivity contribution in [2.24, 2.45) is 46.3 Å². The maximum absolute atomic E-state index is 11.5. The molecule has 4 aliphatic carbocycles. The fourth-order valence-corrected chi connectivity index (χ4v) is 14.2. The Morgan fingerprint density at radius 1 is 0.667 bits per heavy atom. The molecule has 0 bridgehead atoms. The van der Waals surface area contributed by atoms with Crippen molar-refractivity contribution in [2.75, 3.05) is 26.4 Å². The van der Waals surface area contributed by atoms with E-state index in [1.165, 1.54) is 12.0 Å². The molecule has 3 saturated carbocycles. The average molecular weight is 901 g/mol. The van der Waals surface area contributed by atoms with Gasteiger partial charge in [0.25, 0.3) is 0 Å². The first-order valence-corrected chi connectivity index (χ1v) is 23.5. The van der Waals surface area contributed by atoms with Crippen LogP contribution in [-0.4, -0.2) is 188 Å². The van der Waals surface area contributed by atoms with E-state index in [4.69, 9.17) is 37.9 Å². The van der Waals surface area contributed by atoms with Crippen LogP contribution in [0, 0.1) is 46.3 Å². The number of ether oxygens (including phenoxy) is 8. The Morgan fingerprint density at radius 2 is 1.33 bits per heavy atom. The van der Waals surface area contributed by atoms with Gasteiger partial charge in [-0.1, -0.05) is 39.3 Å². The van der Waals surface area contributed by atoms with E-state index in [1.54, 1.807) is 0 Å². The number of hydrogen-bond donors (Lipinski definition) is 10. The highest BCUT2D eigenvalue weighted by atomic mass is 16.7. The number of fused-ring (bicyclic) bond motifs is 7. The van der Waals surface area contributed by atoms with Crippen molar-refractivity contribution >= 4 is 0 Å². The zero-order valence-corrected chi connectivity index (χ0v) is 36.8. The molecule has 9 aliphatic rings. The third-order valence-corrected chi connectivity index (χ3v) is 17.7. The lowest BCUT2D eigenvalue weighted by Gasteiger charge is -2.58. The molecule has 5 saturated heterocycles. The van der Waals surface area contributed by atoms with E-state index < -0.39 is 118 Å². The standard InChI is InChI=1S/C45H72O18/c1-19-7-12-45(56-18-19)20(2)30-26(63-45)14-25-23-6-5-21-13-22(8-10-43(21,3)24(23)9-11-44(25,30)4)57-41-35(53)33(51)38(29(17-48)60-41)62-42-36(54)39(31(49)27(15-46)59-42)61-37-28(16-47)58-40(55)34(52)32(37)50/h5,19-20,22-42,46-55H,6-18H2,1-4H3/t19-,20+,22+,23-,24+,25+,26+,27-,28-,29-,30+,31-,32-,33-,34-,35-,36-,37-,38+,39+,40-,41-,42+,43+,44+,45-/m1/s1. The van der Waals surface area contributed by atoms with E-state index in [-0.39, 0.29) is 23.0 Å². The Kier molecular flexibility index (Phi) is 13.3. The molecule has 0 aromatic heterocycles. The Labute approximate surface area is 368 Å². The lowest BCUT2D eigenvalue weighted by atomic mass is 9.47. The second-order valence-electron chi connectivity index (χ2n) is 21.1. The molecule has 0 aromatic rings. The monoisotopic (exact) mass is 900 g/mol. The molecule has 0 amide bonds. The summed E-state index contributed by atoms with van der Waals surface area (Å²) in [6.07, 6.45) is -13.4. The van der Waals surface area contributed by atoms with Gasteiger partial charge in [-0.05, 0) is 91.8 Å². The van der Waals surface area contributed by atoms with Crippen molar-refractivity contribution in [1.29, 1.82) is 0 Å². The van der Waals surface area contributed by atoms with Gasteiger partial charge in [-0.2, -0.15) is 0 Å². The predicted molar refractivity (Wildman–Crippen MR) is 216 cm³/mol. The van der Waals surface area contributed by atoms with Gasteiger partial charge >= 0.3 is 0 Å². The van der Waals surface area contributed by atoms with Crippen LogP contribution in [0.2, 0.25) is 0 Å². The maximum atomic E-state index is 11.5. The summed E-state index contributed by atoms with van der Waals surface area (Å²) in [5.74, 6) is 2.67. The first kappa shape index (κ1) is 47.1. The highest BCUT2D eigenvalue weighted by molar-refractivity contribution is 5.26. The van der Waals surface area contributed by atoms with Crippen LogP contribution in [0.5, 0.6) is 0 Å². The Morgan fingerprint density at radius 3 is 2.03 bits per heavy atom. The van der Waals surface area contributed by atoms with Crippen molar-refractivity contribution in [3.63, 3.8) is 0 Å². The van der Waals surface area contributed by atoms with Crippen LogP contribution in [0.3, 0.4) is 0 Å². The predicted octanol–water partition coefficient (Wildman–Crippen LogP) is -0.813. The summed E-state index contributed by atoms with van der Waals surface area (Å²) in [6.45, 7) is 8.09. The lowest BCUT2D eigenvalue weighted by Crippen LogP contribution is -2.67. The lowest BCUT2D eigenvalue weighted by molar-refractivity contribution is -0.374. The van der Waals surface area contributed by atoms with Gasteiger partial charge in [0.1, 0.15) is 73.2 Å². The number of hydrogen-bond acceptors (Lipinski definition) is 18. The molecule has 10 N–H and O–H groups in total. The molecular formula is C45H72O18. The van der Waals surface area contributed by atoms with E-state index in [9.17, 15) is 51.1 Å². The highest BCUT2D eigenvalue weighted by Crippen LogP contribution is 2.70. The molecule has 8 fully saturated rings. The summed E-state index contributed by atoms with van der Waals surface area (Å²) in [5, 5.41) is 106. The summed E-state index contributed by atoms with van der Waals surface area (Å²) in [6, 6.07) is 0. The summed E-state index contributed by atoms with van der Waals surface area (Å²) in [4.78, 5) is 0. The zero-order valence-electron chi connectivity index (χ0n) is 36.8. The molecule has 0 aromatic carbocycles. The molecule has 5 aliphatic heterocycles. The topological polar surface area (TPSA) is 276 Å². The molecule has 18 nitrogen and oxygen atoms in total. The Hall–Kier alpha value is -0.980. The molecule has 0 radical (unpaired) electrons. The van der Waals surface area contributed by atoms with Crippen molar-refractivity contribution in [1.82, 2.24) is 0 Å². The molecule has 1 spiro atoms. The molecule has 26 atom stereocenters. The van der Waals surface area contributed by atoms with Gasteiger partial charge in [-0.15, -0.1) is 0 Å². The second-order valence-corrected chi connectivity index (χ2v) is 21.1. The summed E-state index contributed by atoms with van der Waals surface area (Å²) >= 11 is 0. The number of rotatable bonds is 9. The van der Waals surface area contributed by atoms with Crippen LogP contribution in [0.25, 0.3) is 0 Å². The first-order valence-electron chi connectivity index (χ1n) is 23.5. The highest BCUT2D eigenvalue weighted by Gasteiger charge is 2.69. The molecule has 360 valence electrons. The normalized spacial score (nSPS) is 56.9. The van der Waals surface area contributed by atoms with E-state index in [0.29, 0.717) is 48.3 Å². The van der Waals surface area contributed by atoms with E-state index >= 15 is 0 Å². The minimum atomic E-state index is -1.90. The Bertz CT molecular complexity index is 1630. The van der Waals surface area contributed by atoms with Gasteiger partial charge in [-0.3, -0.25) is 0 Å². The van der Waals surface area contributed by atoms with Gasteiger partial charge < -0.3 is 89.0 Å². The Balaban J connectivity index is 0.835.